The van der Waals surface area contributed by atoms with Crippen LogP contribution in [-0.4, -0.2) is 5.97 Å². The molecule has 0 aliphatic heterocycles. The van der Waals surface area contributed by atoms with Crippen molar-refractivity contribution in [3.05, 3.63) is 28.2 Å². The maximum Gasteiger partial charge on any atom is 0.328 e. The number of benzene rings is 1. The molecule has 0 aromatic heterocycles. The summed E-state index contributed by atoms with van der Waals surface area (Å²) >= 11 is 11.5. The zero-order valence-electron chi connectivity index (χ0n) is 8.54. The first kappa shape index (κ1) is 12.8. The van der Waals surface area contributed by atoms with Gasteiger partial charge in [0.25, 0.3) is 0 Å². The molecule has 0 N–H and O–H groups in total. The van der Waals surface area contributed by atoms with Gasteiger partial charge < -0.3 is 4.74 Å². The Hall–Kier alpha value is -1.24. The molecule has 5 heteroatoms. The van der Waals surface area contributed by atoms with Gasteiger partial charge in [0.2, 0.25) is 0 Å². The third-order valence-electron chi connectivity index (χ3n) is 1.96. The molecule has 84 valence electrons. The van der Waals surface area contributed by atoms with Gasteiger partial charge in [-0.25, -0.2) is 0 Å². The SMILES string of the molecule is CCC(C#N)C(=O)Oc1ccc(Cl)c(Cl)c1. The van der Waals surface area contributed by atoms with E-state index in [-0.39, 0.29) is 5.75 Å². The van der Waals surface area contributed by atoms with Gasteiger partial charge in [-0.3, -0.25) is 4.79 Å². The fourth-order valence-electron chi connectivity index (χ4n) is 1.04. The lowest BCUT2D eigenvalue weighted by molar-refractivity contribution is -0.137. The highest BCUT2D eigenvalue weighted by atomic mass is 35.5. The van der Waals surface area contributed by atoms with E-state index >= 15 is 0 Å². The number of esters is 1. The third-order valence-corrected chi connectivity index (χ3v) is 2.70. The van der Waals surface area contributed by atoms with E-state index in [1.807, 2.05) is 6.07 Å². The van der Waals surface area contributed by atoms with Gasteiger partial charge in [0, 0.05) is 6.07 Å². The summed E-state index contributed by atoms with van der Waals surface area (Å²) in [4.78, 5) is 11.5. The molecular formula is C11H9Cl2NO2. The highest BCUT2D eigenvalue weighted by Crippen LogP contribution is 2.26. The summed E-state index contributed by atoms with van der Waals surface area (Å²) in [6.45, 7) is 1.74. The van der Waals surface area contributed by atoms with Crippen LogP contribution in [0.4, 0.5) is 0 Å². The summed E-state index contributed by atoms with van der Waals surface area (Å²) in [5.74, 6) is -1.05. The van der Waals surface area contributed by atoms with Crippen LogP contribution in [0.25, 0.3) is 0 Å². The average molecular weight is 258 g/mol. The summed E-state index contributed by atoms with van der Waals surface area (Å²) in [6.07, 6.45) is 0.413. The molecule has 0 saturated heterocycles. The van der Waals surface area contributed by atoms with Gasteiger partial charge in [0.1, 0.15) is 11.7 Å². The maximum atomic E-state index is 11.5. The van der Waals surface area contributed by atoms with Gasteiger partial charge in [0.15, 0.2) is 0 Å². The second kappa shape index (κ2) is 5.74. The van der Waals surface area contributed by atoms with E-state index in [1.54, 1.807) is 6.92 Å². The van der Waals surface area contributed by atoms with E-state index in [0.717, 1.165) is 0 Å². The van der Waals surface area contributed by atoms with Crippen LogP contribution in [0.5, 0.6) is 5.75 Å². The quantitative estimate of drug-likeness (QED) is 0.616. The van der Waals surface area contributed by atoms with Crippen LogP contribution in [0.1, 0.15) is 13.3 Å². The minimum atomic E-state index is -0.755. The van der Waals surface area contributed by atoms with Crippen molar-refractivity contribution in [1.82, 2.24) is 0 Å². The van der Waals surface area contributed by atoms with Gasteiger partial charge in [-0.05, 0) is 18.6 Å². The van der Waals surface area contributed by atoms with E-state index in [2.05, 4.69) is 0 Å². The van der Waals surface area contributed by atoms with Gasteiger partial charge in [-0.2, -0.15) is 5.26 Å². The lowest BCUT2D eigenvalue weighted by atomic mass is 10.1. The predicted octanol–water partition coefficient (Wildman–Crippen LogP) is 3.45. The first-order valence-electron chi connectivity index (χ1n) is 4.64. The summed E-state index contributed by atoms with van der Waals surface area (Å²) in [6, 6.07) is 6.35. The molecule has 0 spiro atoms. The number of nitriles is 1. The van der Waals surface area contributed by atoms with Crippen LogP contribution < -0.4 is 4.74 Å². The summed E-state index contributed by atoms with van der Waals surface area (Å²) in [5.41, 5.74) is 0. The largest absolute Gasteiger partial charge is 0.426 e. The van der Waals surface area contributed by atoms with Crippen LogP contribution in [0.2, 0.25) is 10.0 Å². The van der Waals surface area contributed by atoms with Gasteiger partial charge in [-0.1, -0.05) is 30.1 Å². The molecule has 0 aliphatic rings. The van der Waals surface area contributed by atoms with Gasteiger partial charge >= 0.3 is 5.97 Å². The number of halogens is 2. The average Bonchev–Trinajstić information content (AvgIpc) is 2.25. The highest BCUT2D eigenvalue weighted by Gasteiger charge is 2.18. The number of hydrogen-bond acceptors (Lipinski definition) is 3. The zero-order chi connectivity index (χ0) is 12.1. The number of ether oxygens (including phenoxy) is 1. The fraction of sp³-hybridized carbons (Fsp3) is 0.273. The maximum absolute atomic E-state index is 11.5. The predicted molar refractivity (Wildman–Crippen MR) is 61.5 cm³/mol. The summed E-state index contributed by atoms with van der Waals surface area (Å²) in [7, 11) is 0. The van der Waals surface area contributed by atoms with Crippen LogP contribution in [0.15, 0.2) is 18.2 Å². The molecule has 0 fully saturated rings. The second-order valence-electron chi connectivity index (χ2n) is 3.09. The Balaban J connectivity index is 2.78. The van der Waals surface area contributed by atoms with Crippen LogP contribution >= 0.6 is 23.2 Å². The molecule has 0 amide bonds. The van der Waals surface area contributed by atoms with Crippen molar-refractivity contribution >= 4 is 29.2 Å². The molecule has 0 heterocycles. The lowest BCUT2D eigenvalue weighted by Crippen LogP contribution is -2.18. The van der Waals surface area contributed by atoms with Crippen LogP contribution in [-0.2, 0) is 4.79 Å². The van der Waals surface area contributed by atoms with Crippen molar-refractivity contribution in [2.24, 2.45) is 5.92 Å². The minimum absolute atomic E-state index is 0.285. The number of nitrogens with zero attached hydrogens (tertiary/aromatic N) is 1. The number of carbonyl (C=O) groups excluding carboxylic acids is 1. The smallest absolute Gasteiger partial charge is 0.328 e. The zero-order valence-corrected chi connectivity index (χ0v) is 10.0. The Morgan fingerprint density at radius 2 is 2.19 bits per heavy atom. The Labute approximate surface area is 104 Å². The molecule has 1 aromatic carbocycles. The van der Waals surface area contributed by atoms with Crippen molar-refractivity contribution < 1.29 is 9.53 Å². The van der Waals surface area contributed by atoms with Crippen molar-refractivity contribution in [3.8, 4) is 11.8 Å². The normalized spacial score (nSPS) is 11.6. The minimum Gasteiger partial charge on any atom is -0.426 e. The fourth-order valence-corrected chi connectivity index (χ4v) is 1.33. The molecular weight excluding hydrogens is 249 g/mol. The Bertz CT molecular complexity index is 440. The van der Waals surface area contributed by atoms with Crippen molar-refractivity contribution in [1.29, 1.82) is 5.26 Å². The standard InChI is InChI=1S/C11H9Cl2NO2/c1-2-7(6-14)11(15)16-8-3-4-9(12)10(13)5-8/h3-5,7H,2H2,1H3. The van der Waals surface area contributed by atoms with E-state index in [9.17, 15) is 4.79 Å². The Morgan fingerprint density at radius 3 is 2.69 bits per heavy atom. The molecule has 0 aliphatic carbocycles. The van der Waals surface area contributed by atoms with Crippen molar-refractivity contribution in [2.75, 3.05) is 0 Å². The number of rotatable bonds is 3. The van der Waals surface area contributed by atoms with Crippen LogP contribution in [0, 0.1) is 17.2 Å². The van der Waals surface area contributed by atoms with E-state index < -0.39 is 11.9 Å². The lowest BCUT2D eigenvalue weighted by Gasteiger charge is -2.07. The van der Waals surface area contributed by atoms with Gasteiger partial charge in [0.05, 0.1) is 16.1 Å². The molecule has 0 saturated carbocycles. The van der Waals surface area contributed by atoms with E-state index in [0.29, 0.717) is 16.5 Å². The Kier molecular flexibility index (Phi) is 4.60. The van der Waals surface area contributed by atoms with Crippen LogP contribution in [0.3, 0.4) is 0 Å². The Morgan fingerprint density at radius 1 is 1.50 bits per heavy atom. The number of carbonyl (C=O) groups is 1. The molecule has 0 radical (unpaired) electrons. The molecule has 0 bridgehead atoms. The summed E-state index contributed by atoms with van der Waals surface area (Å²) < 4.78 is 4.99. The summed E-state index contributed by atoms with van der Waals surface area (Å²) in [5, 5.41) is 9.36. The topological polar surface area (TPSA) is 50.1 Å². The molecule has 1 atom stereocenters. The van der Waals surface area contributed by atoms with Crippen molar-refractivity contribution in [2.45, 2.75) is 13.3 Å². The molecule has 1 aromatic rings. The molecule has 1 unspecified atom stereocenters. The third kappa shape index (κ3) is 3.13. The van der Waals surface area contributed by atoms with E-state index in [1.165, 1.54) is 18.2 Å². The molecule has 16 heavy (non-hydrogen) atoms. The molecule has 3 nitrogen and oxygen atoms in total. The number of hydrogen-bond donors (Lipinski definition) is 0. The van der Waals surface area contributed by atoms with Crippen molar-refractivity contribution in [3.63, 3.8) is 0 Å². The van der Waals surface area contributed by atoms with Gasteiger partial charge in [-0.15, -0.1) is 0 Å². The van der Waals surface area contributed by atoms with E-state index in [4.69, 9.17) is 33.2 Å². The highest BCUT2D eigenvalue weighted by molar-refractivity contribution is 6.42. The first-order valence-corrected chi connectivity index (χ1v) is 5.40. The first-order chi connectivity index (χ1) is 7.58. The monoisotopic (exact) mass is 257 g/mol. The second-order valence-corrected chi connectivity index (χ2v) is 3.90. The molecule has 1 rings (SSSR count).